The van der Waals surface area contributed by atoms with E-state index in [2.05, 4.69) is 59.9 Å². The van der Waals surface area contributed by atoms with Crippen LogP contribution in [0.1, 0.15) is 48.9 Å². The number of rotatable bonds is 5. The zero-order chi connectivity index (χ0) is 13.0. The Morgan fingerprint density at radius 3 is 2.56 bits per heavy atom. The molecule has 1 aromatic heterocycles. The van der Waals surface area contributed by atoms with Crippen molar-refractivity contribution in [2.75, 3.05) is 6.54 Å². The molecule has 0 bridgehead atoms. The van der Waals surface area contributed by atoms with Gasteiger partial charge < -0.3 is 5.32 Å². The monoisotopic (exact) mass is 261 g/mol. The fourth-order valence-corrected chi connectivity index (χ4v) is 2.93. The molecule has 1 aromatic carbocycles. The van der Waals surface area contributed by atoms with Crippen LogP contribution in [-0.2, 0) is 0 Å². The Morgan fingerprint density at radius 1 is 1.22 bits per heavy atom. The van der Waals surface area contributed by atoms with Crippen LogP contribution in [0.3, 0.4) is 0 Å². The number of aromatic nitrogens is 2. The van der Waals surface area contributed by atoms with Crippen LogP contribution in [0.25, 0.3) is 0 Å². The molecular formula is C14H19N3S. The highest BCUT2D eigenvalue weighted by Gasteiger charge is 2.21. The Kier molecular flexibility index (Phi) is 4.44. The predicted molar refractivity (Wildman–Crippen MR) is 76.0 cm³/mol. The number of benzene rings is 1. The molecule has 0 amide bonds. The molecule has 2 rings (SSSR count). The summed E-state index contributed by atoms with van der Waals surface area (Å²) in [6.07, 6.45) is 0. The average Bonchev–Trinajstić information content (AvgIpc) is 2.86. The summed E-state index contributed by atoms with van der Waals surface area (Å²) in [5.74, 6) is 0.406. The second-order valence-electron chi connectivity index (χ2n) is 4.58. The number of nitrogens with one attached hydrogen (secondary N) is 1. The minimum atomic E-state index is 0.202. The second-order valence-corrected chi connectivity index (χ2v) is 5.36. The molecule has 1 unspecified atom stereocenters. The smallest absolute Gasteiger partial charge is 0.0832 e. The third-order valence-electron chi connectivity index (χ3n) is 2.89. The predicted octanol–water partition coefficient (Wildman–Crippen LogP) is 3.36. The van der Waals surface area contributed by atoms with Gasteiger partial charge in [-0.2, -0.15) is 0 Å². The molecule has 0 radical (unpaired) electrons. The van der Waals surface area contributed by atoms with Gasteiger partial charge in [0, 0.05) is 0 Å². The summed E-state index contributed by atoms with van der Waals surface area (Å²) < 4.78 is 4.12. The van der Waals surface area contributed by atoms with Crippen LogP contribution in [-0.4, -0.2) is 16.1 Å². The maximum absolute atomic E-state index is 4.27. The topological polar surface area (TPSA) is 37.8 Å². The molecule has 1 heterocycles. The molecular weight excluding hydrogens is 242 g/mol. The van der Waals surface area contributed by atoms with E-state index in [0.29, 0.717) is 5.92 Å². The zero-order valence-electron chi connectivity index (χ0n) is 11.1. The van der Waals surface area contributed by atoms with Crippen molar-refractivity contribution >= 4 is 11.5 Å². The lowest BCUT2D eigenvalue weighted by molar-refractivity contribution is 0.626. The standard InChI is InChI=1S/C14H19N3S/c1-4-15-13(11-8-6-5-7-9-11)14-12(10(2)3)16-17-18-14/h5-10,13,15H,4H2,1-3H3. The second kappa shape index (κ2) is 6.07. The summed E-state index contributed by atoms with van der Waals surface area (Å²) in [6.45, 7) is 7.37. The average molecular weight is 261 g/mol. The fraction of sp³-hybridized carbons (Fsp3) is 0.429. The third-order valence-corrected chi connectivity index (χ3v) is 3.70. The quantitative estimate of drug-likeness (QED) is 0.897. The Hall–Kier alpha value is -1.26. The first-order valence-electron chi connectivity index (χ1n) is 6.34. The van der Waals surface area contributed by atoms with E-state index < -0.39 is 0 Å². The Balaban J connectivity index is 2.39. The molecule has 2 aromatic rings. The summed E-state index contributed by atoms with van der Waals surface area (Å²) >= 11 is 1.50. The van der Waals surface area contributed by atoms with Crippen molar-refractivity contribution in [2.24, 2.45) is 0 Å². The van der Waals surface area contributed by atoms with Crippen molar-refractivity contribution in [1.82, 2.24) is 14.9 Å². The highest BCUT2D eigenvalue weighted by atomic mass is 32.1. The van der Waals surface area contributed by atoms with E-state index in [9.17, 15) is 0 Å². The van der Waals surface area contributed by atoms with Gasteiger partial charge in [-0.15, -0.1) is 5.10 Å². The lowest BCUT2D eigenvalue weighted by atomic mass is 10.0. The number of hydrogen-bond acceptors (Lipinski definition) is 4. The van der Waals surface area contributed by atoms with Crippen molar-refractivity contribution < 1.29 is 0 Å². The summed E-state index contributed by atoms with van der Waals surface area (Å²) in [5.41, 5.74) is 2.38. The zero-order valence-corrected chi connectivity index (χ0v) is 11.9. The van der Waals surface area contributed by atoms with Gasteiger partial charge >= 0.3 is 0 Å². The third kappa shape index (κ3) is 2.76. The molecule has 0 aliphatic carbocycles. The van der Waals surface area contributed by atoms with Gasteiger partial charge in [-0.1, -0.05) is 55.6 Å². The van der Waals surface area contributed by atoms with Gasteiger partial charge in [0.25, 0.3) is 0 Å². The van der Waals surface area contributed by atoms with Crippen molar-refractivity contribution in [1.29, 1.82) is 0 Å². The summed E-state index contributed by atoms with van der Waals surface area (Å²) in [7, 11) is 0. The van der Waals surface area contributed by atoms with E-state index in [1.54, 1.807) is 0 Å². The van der Waals surface area contributed by atoms with Gasteiger partial charge in [0.2, 0.25) is 0 Å². The maximum atomic E-state index is 4.27. The van der Waals surface area contributed by atoms with Crippen molar-refractivity contribution in [3.05, 3.63) is 46.5 Å². The van der Waals surface area contributed by atoms with Crippen molar-refractivity contribution in [3.63, 3.8) is 0 Å². The normalized spacial score (nSPS) is 12.9. The van der Waals surface area contributed by atoms with E-state index >= 15 is 0 Å². The largest absolute Gasteiger partial charge is 0.306 e. The van der Waals surface area contributed by atoms with E-state index in [-0.39, 0.29) is 6.04 Å². The molecule has 1 N–H and O–H groups in total. The highest BCUT2D eigenvalue weighted by Crippen LogP contribution is 2.30. The number of nitrogens with zero attached hydrogens (tertiary/aromatic N) is 2. The van der Waals surface area contributed by atoms with Crippen LogP contribution in [0.15, 0.2) is 30.3 Å². The highest BCUT2D eigenvalue weighted by molar-refractivity contribution is 7.05. The van der Waals surface area contributed by atoms with Gasteiger partial charge in [-0.3, -0.25) is 0 Å². The summed E-state index contributed by atoms with van der Waals surface area (Å²) in [6, 6.07) is 10.7. The van der Waals surface area contributed by atoms with Crippen molar-refractivity contribution in [2.45, 2.75) is 32.7 Å². The van der Waals surface area contributed by atoms with E-state index in [1.807, 2.05) is 6.07 Å². The molecule has 18 heavy (non-hydrogen) atoms. The van der Waals surface area contributed by atoms with Gasteiger partial charge in [0.05, 0.1) is 16.6 Å². The van der Waals surface area contributed by atoms with Crippen LogP contribution in [0.2, 0.25) is 0 Å². The van der Waals surface area contributed by atoms with Gasteiger partial charge in [-0.05, 0) is 29.6 Å². The van der Waals surface area contributed by atoms with Crippen LogP contribution in [0.5, 0.6) is 0 Å². The Bertz CT molecular complexity index is 479. The fourth-order valence-electron chi connectivity index (χ4n) is 2.02. The molecule has 0 spiro atoms. The minimum absolute atomic E-state index is 0.202. The Labute approximate surface area is 112 Å². The maximum Gasteiger partial charge on any atom is 0.0832 e. The molecule has 0 saturated heterocycles. The van der Waals surface area contributed by atoms with Crippen LogP contribution in [0.4, 0.5) is 0 Å². The summed E-state index contributed by atoms with van der Waals surface area (Å²) in [4.78, 5) is 1.23. The summed E-state index contributed by atoms with van der Waals surface area (Å²) in [5, 5.41) is 7.80. The van der Waals surface area contributed by atoms with Crippen molar-refractivity contribution in [3.8, 4) is 0 Å². The first-order chi connectivity index (χ1) is 8.74. The molecule has 0 saturated carbocycles. The minimum Gasteiger partial charge on any atom is -0.306 e. The molecule has 0 aliphatic heterocycles. The van der Waals surface area contributed by atoms with Crippen LogP contribution < -0.4 is 5.32 Å². The van der Waals surface area contributed by atoms with Gasteiger partial charge in [0.15, 0.2) is 0 Å². The lowest BCUT2D eigenvalue weighted by Crippen LogP contribution is -2.22. The molecule has 0 fully saturated rings. The van der Waals surface area contributed by atoms with E-state index in [4.69, 9.17) is 0 Å². The van der Waals surface area contributed by atoms with Gasteiger partial charge in [0.1, 0.15) is 0 Å². The van der Waals surface area contributed by atoms with Crippen LogP contribution in [0, 0.1) is 0 Å². The van der Waals surface area contributed by atoms with Crippen LogP contribution >= 0.6 is 11.5 Å². The van der Waals surface area contributed by atoms with E-state index in [0.717, 1.165) is 12.2 Å². The SMILES string of the molecule is CCNC(c1ccccc1)c1snnc1C(C)C. The number of hydrogen-bond donors (Lipinski definition) is 1. The first-order valence-corrected chi connectivity index (χ1v) is 7.11. The molecule has 96 valence electrons. The lowest BCUT2D eigenvalue weighted by Gasteiger charge is -2.18. The Morgan fingerprint density at radius 2 is 1.94 bits per heavy atom. The molecule has 1 atom stereocenters. The molecule has 3 nitrogen and oxygen atoms in total. The first kappa shape index (κ1) is 13.2. The molecule has 0 aliphatic rings. The van der Waals surface area contributed by atoms with Gasteiger partial charge in [-0.25, -0.2) is 0 Å². The molecule has 4 heteroatoms. The van der Waals surface area contributed by atoms with E-state index in [1.165, 1.54) is 22.0 Å².